The van der Waals surface area contributed by atoms with Gasteiger partial charge in [-0.2, -0.15) is 0 Å². The van der Waals surface area contributed by atoms with E-state index in [1.807, 2.05) is 18.2 Å². The summed E-state index contributed by atoms with van der Waals surface area (Å²) in [5, 5.41) is 3.33. The van der Waals surface area contributed by atoms with E-state index >= 15 is 0 Å². The molecule has 7 heteroatoms. The van der Waals surface area contributed by atoms with E-state index in [9.17, 15) is 8.42 Å². The molecule has 2 heterocycles. The Balaban J connectivity index is 1.84. The van der Waals surface area contributed by atoms with Gasteiger partial charge in [0.25, 0.3) is 0 Å². The monoisotopic (exact) mass is 395 g/mol. The van der Waals surface area contributed by atoms with Crippen molar-refractivity contribution < 1.29 is 8.42 Å². The average molecular weight is 396 g/mol. The van der Waals surface area contributed by atoms with Crippen LogP contribution in [0.5, 0.6) is 0 Å². The number of aromatic nitrogens is 1. The van der Waals surface area contributed by atoms with Gasteiger partial charge in [0, 0.05) is 36.9 Å². The first kappa shape index (κ1) is 21.0. The number of pyridine rings is 1. The molecule has 1 unspecified atom stereocenters. The normalized spacial score (nSPS) is 13.0. The predicted molar refractivity (Wildman–Crippen MR) is 108 cm³/mol. The predicted octanol–water partition coefficient (Wildman–Crippen LogP) is 3.93. The standard InChI is InChI=1S/C19H29N3O2S2/c1-3-5-6-16(4-2)14-22-26(23,24)19-8-7-18(25-19)15-21-13-17-9-11-20-12-10-17/h7-12,16,21-22H,3-6,13-15H2,1-2H3. The third-order valence-corrected chi connectivity index (χ3v) is 7.39. The lowest BCUT2D eigenvalue weighted by Gasteiger charge is -2.14. The minimum Gasteiger partial charge on any atom is -0.308 e. The molecule has 0 fully saturated rings. The van der Waals surface area contributed by atoms with Crippen LogP contribution in [0.2, 0.25) is 0 Å². The Morgan fingerprint density at radius 1 is 1.12 bits per heavy atom. The van der Waals surface area contributed by atoms with Crippen molar-refractivity contribution in [2.24, 2.45) is 5.92 Å². The van der Waals surface area contributed by atoms with Crippen LogP contribution in [0, 0.1) is 5.92 Å². The SMILES string of the molecule is CCCCC(CC)CNS(=O)(=O)c1ccc(CNCc2ccncc2)s1. The van der Waals surface area contributed by atoms with E-state index in [1.165, 1.54) is 11.3 Å². The van der Waals surface area contributed by atoms with E-state index in [0.29, 0.717) is 23.2 Å². The lowest BCUT2D eigenvalue weighted by Crippen LogP contribution is -2.28. The number of thiophene rings is 1. The number of hydrogen-bond donors (Lipinski definition) is 2. The second-order valence-electron chi connectivity index (χ2n) is 6.45. The molecule has 0 aliphatic carbocycles. The molecular weight excluding hydrogens is 366 g/mol. The molecule has 5 nitrogen and oxygen atoms in total. The Labute approximate surface area is 161 Å². The van der Waals surface area contributed by atoms with Gasteiger partial charge in [-0.25, -0.2) is 13.1 Å². The van der Waals surface area contributed by atoms with Crippen LogP contribution >= 0.6 is 11.3 Å². The summed E-state index contributed by atoms with van der Waals surface area (Å²) < 4.78 is 28.2. The summed E-state index contributed by atoms with van der Waals surface area (Å²) in [7, 11) is -3.41. The van der Waals surface area contributed by atoms with Crippen LogP contribution in [0.1, 0.15) is 50.0 Å². The fourth-order valence-corrected chi connectivity index (χ4v) is 5.16. The molecular formula is C19H29N3O2S2. The summed E-state index contributed by atoms with van der Waals surface area (Å²) in [5.74, 6) is 0.409. The first-order valence-corrected chi connectivity index (χ1v) is 11.5. The molecule has 2 N–H and O–H groups in total. The third kappa shape index (κ3) is 6.79. The van der Waals surface area contributed by atoms with Crippen molar-refractivity contribution >= 4 is 21.4 Å². The molecule has 2 rings (SSSR count). The van der Waals surface area contributed by atoms with E-state index in [2.05, 4.69) is 28.9 Å². The zero-order valence-corrected chi connectivity index (χ0v) is 17.2. The van der Waals surface area contributed by atoms with Crippen molar-refractivity contribution in [2.45, 2.75) is 56.8 Å². The first-order chi connectivity index (χ1) is 12.5. The zero-order valence-electron chi connectivity index (χ0n) is 15.6. The number of nitrogens with zero attached hydrogens (tertiary/aromatic N) is 1. The van der Waals surface area contributed by atoms with E-state index in [1.54, 1.807) is 18.5 Å². The minimum atomic E-state index is -3.41. The molecule has 26 heavy (non-hydrogen) atoms. The minimum absolute atomic E-state index is 0.392. The van der Waals surface area contributed by atoms with Crippen molar-refractivity contribution in [1.29, 1.82) is 0 Å². The molecule has 2 aromatic heterocycles. The molecule has 0 radical (unpaired) electrons. The summed E-state index contributed by atoms with van der Waals surface area (Å²) in [6.45, 7) is 6.18. The number of unbranched alkanes of at least 4 members (excludes halogenated alkanes) is 1. The van der Waals surface area contributed by atoms with Crippen molar-refractivity contribution in [3.05, 3.63) is 47.1 Å². The van der Waals surface area contributed by atoms with Gasteiger partial charge in [0.2, 0.25) is 10.0 Å². The molecule has 2 aromatic rings. The third-order valence-electron chi connectivity index (χ3n) is 4.38. The maximum absolute atomic E-state index is 12.5. The Bertz CT molecular complexity index is 745. The van der Waals surface area contributed by atoms with Crippen LogP contribution in [0.3, 0.4) is 0 Å². The van der Waals surface area contributed by atoms with Crippen molar-refractivity contribution in [2.75, 3.05) is 6.54 Å². The van der Waals surface area contributed by atoms with Gasteiger partial charge in [0.1, 0.15) is 4.21 Å². The summed E-state index contributed by atoms with van der Waals surface area (Å²) in [6, 6.07) is 7.50. The lowest BCUT2D eigenvalue weighted by atomic mass is 10.00. The zero-order chi connectivity index (χ0) is 18.8. The molecule has 0 aliphatic rings. The summed E-state index contributed by atoms with van der Waals surface area (Å²) >= 11 is 1.33. The van der Waals surface area contributed by atoms with Gasteiger partial charge < -0.3 is 5.32 Å². The summed E-state index contributed by atoms with van der Waals surface area (Å²) in [4.78, 5) is 5.01. The van der Waals surface area contributed by atoms with Gasteiger partial charge in [-0.15, -0.1) is 11.3 Å². The highest BCUT2D eigenvalue weighted by molar-refractivity contribution is 7.91. The van der Waals surface area contributed by atoms with E-state index in [0.717, 1.165) is 42.7 Å². The molecule has 0 aliphatic heterocycles. The number of hydrogen-bond acceptors (Lipinski definition) is 5. The largest absolute Gasteiger partial charge is 0.308 e. The number of nitrogens with one attached hydrogen (secondary N) is 2. The van der Waals surface area contributed by atoms with Crippen LogP contribution in [0.25, 0.3) is 0 Å². The first-order valence-electron chi connectivity index (χ1n) is 9.23. The van der Waals surface area contributed by atoms with Crippen LogP contribution < -0.4 is 10.0 Å². The molecule has 0 amide bonds. The molecule has 0 aromatic carbocycles. The highest BCUT2D eigenvalue weighted by atomic mass is 32.2. The Morgan fingerprint density at radius 3 is 2.58 bits per heavy atom. The maximum Gasteiger partial charge on any atom is 0.250 e. The smallest absolute Gasteiger partial charge is 0.250 e. The van der Waals surface area contributed by atoms with E-state index < -0.39 is 10.0 Å². The van der Waals surface area contributed by atoms with Crippen LogP contribution in [-0.2, 0) is 23.1 Å². The Morgan fingerprint density at radius 2 is 1.88 bits per heavy atom. The number of rotatable bonds is 12. The highest BCUT2D eigenvalue weighted by Crippen LogP contribution is 2.22. The average Bonchev–Trinajstić information content (AvgIpc) is 3.13. The molecule has 144 valence electrons. The van der Waals surface area contributed by atoms with Crippen molar-refractivity contribution in [3.8, 4) is 0 Å². The number of sulfonamides is 1. The van der Waals surface area contributed by atoms with Crippen molar-refractivity contribution in [1.82, 2.24) is 15.0 Å². The van der Waals surface area contributed by atoms with Crippen LogP contribution in [-0.4, -0.2) is 19.9 Å². The fourth-order valence-electron chi connectivity index (χ4n) is 2.67. The van der Waals surface area contributed by atoms with Gasteiger partial charge in [-0.1, -0.05) is 33.1 Å². The second kappa shape index (κ2) is 10.8. The molecule has 0 saturated heterocycles. The van der Waals surface area contributed by atoms with Crippen LogP contribution in [0.15, 0.2) is 40.9 Å². The molecule has 0 spiro atoms. The van der Waals surface area contributed by atoms with Gasteiger partial charge in [0.15, 0.2) is 0 Å². The second-order valence-corrected chi connectivity index (χ2v) is 9.61. The van der Waals surface area contributed by atoms with Gasteiger partial charge in [0.05, 0.1) is 0 Å². The molecule has 0 bridgehead atoms. The summed E-state index contributed by atoms with van der Waals surface area (Å²) in [5.41, 5.74) is 1.16. The maximum atomic E-state index is 12.5. The van der Waals surface area contributed by atoms with Crippen LogP contribution in [0.4, 0.5) is 0 Å². The fraction of sp³-hybridized carbons (Fsp3) is 0.526. The van der Waals surface area contributed by atoms with Gasteiger partial charge >= 0.3 is 0 Å². The van der Waals surface area contributed by atoms with Crippen molar-refractivity contribution in [3.63, 3.8) is 0 Å². The quantitative estimate of drug-likeness (QED) is 0.571. The molecule has 0 saturated carbocycles. The Hall–Kier alpha value is -1.28. The van der Waals surface area contributed by atoms with Gasteiger partial charge in [-0.05, 0) is 42.2 Å². The lowest BCUT2D eigenvalue weighted by molar-refractivity contribution is 0.444. The Kier molecular flexibility index (Phi) is 8.71. The highest BCUT2D eigenvalue weighted by Gasteiger charge is 2.18. The van der Waals surface area contributed by atoms with Gasteiger partial charge in [-0.3, -0.25) is 4.98 Å². The van der Waals surface area contributed by atoms with E-state index in [4.69, 9.17) is 0 Å². The topological polar surface area (TPSA) is 71.1 Å². The summed E-state index contributed by atoms with van der Waals surface area (Å²) in [6.07, 6.45) is 7.89. The van der Waals surface area contributed by atoms with E-state index in [-0.39, 0.29) is 0 Å². The molecule has 1 atom stereocenters.